The first-order valence-corrected chi connectivity index (χ1v) is 6.80. The largest absolute Gasteiger partial charge is 0.469 e. The second-order valence-corrected chi connectivity index (χ2v) is 5.41. The highest BCUT2D eigenvalue weighted by Crippen LogP contribution is 2.30. The van der Waals surface area contributed by atoms with Crippen LogP contribution in [0.25, 0.3) is 0 Å². The van der Waals surface area contributed by atoms with Crippen molar-refractivity contribution in [1.82, 2.24) is 4.90 Å². The standard InChI is InChI=1S/C14H20BrNO2/c1-5-12(14(17)18-4)13(16(2)3)10-6-8-11(15)9-7-10/h6-9,12-13H,5H2,1-4H3. The third-order valence-corrected chi connectivity index (χ3v) is 3.62. The van der Waals surface area contributed by atoms with Gasteiger partial charge in [0.2, 0.25) is 0 Å². The molecule has 0 amide bonds. The van der Waals surface area contributed by atoms with Gasteiger partial charge in [-0.1, -0.05) is 35.0 Å². The lowest BCUT2D eigenvalue weighted by molar-refractivity contribution is -0.148. The lowest BCUT2D eigenvalue weighted by Crippen LogP contribution is -2.32. The Hall–Kier alpha value is -0.870. The molecule has 0 bridgehead atoms. The van der Waals surface area contributed by atoms with Crippen molar-refractivity contribution in [2.24, 2.45) is 5.92 Å². The monoisotopic (exact) mass is 313 g/mol. The van der Waals surface area contributed by atoms with Crippen LogP contribution in [-0.4, -0.2) is 32.1 Å². The van der Waals surface area contributed by atoms with Gasteiger partial charge in [-0.15, -0.1) is 0 Å². The summed E-state index contributed by atoms with van der Waals surface area (Å²) in [6.07, 6.45) is 0.756. The molecule has 0 aliphatic carbocycles. The van der Waals surface area contributed by atoms with Gasteiger partial charge >= 0.3 is 5.97 Å². The molecule has 0 aliphatic heterocycles. The third kappa shape index (κ3) is 3.56. The van der Waals surface area contributed by atoms with Gasteiger partial charge in [0.15, 0.2) is 0 Å². The van der Waals surface area contributed by atoms with Crippen molar-refractivity contribution >= 4 is 21.9 Å². The summed E-state index contributed by atoms with van der Waals surface area (Å²) in [5.74, 6) is -0.301. The van der Waals surface area contributed by atoms with Crippen molar-refractivity contribution in [3.05, 3.63) is 34.3 Å². The Morgan fingerprint density at radius 2 is 1.89 bits per heavy atom. The van der Waals surface area contributed by atoms with Crippen molar-refractivity contribution in [3.63, 3.8) is 0 Å². The number of rotatable bonds is 5. The van der Waals surface area contributed by atoms with Crippen molar-refractivity contribution in [1.29, 1.82) is 0 Å². The SMILES string of the molecule is CCC(C(=O)OC)C(c1ccc(Br)cc1)N(C)C. The highest BCUT2D eigenvalue weighted by Gasteiger charge is 2.30. The maximum Gasteiger partial charge on any atom is 0.310 e. The van der Waals surface area contributed by atoms with Gasteiger partial charge in [-0.2, -0.15) is 0 Å². The molecule has 1 aromatic carbocycles. The van der Waals surface area contributed by atoms with E-state index in [9.17, 15) is 4.79 Å². The van der Waals surface area contributed by atoms with Crippen LogP contribution in [0.3, 0.4) is 0 Å². The molecule has 100 valence electrons. The molecule has 0 heterocycles. The van der Waals surface area contributed by atoms with E-state index < -0.39 is 0 Å². The van der Waals surface area contributed by atoms with Crippen LogP contribution in [0.5, 0.6) is 0 Å². The van der Waals surface area contributed by atoms with Crippen molar-refractivity contribution < 1.29 is 9.53 Å². The predicted octanol–water partition coefficient (Wildman–Crippen LogP) is 3.25. The van der Waals surface area contributed by atoms with Crippen molar-refractivity contribution in [2.45, 2.75) is 19.4 Å². The van der Waals surface area contributed by atoms with Crippen LogP contribution in [0.4, 0.5) is 0 Å². The molecule has 0 saturated carbocycles. The molecule has 0 radical (unpaired) electrons. The smallest absolute Gasteiger partial charge is 0.310 e. The zero-order chi connectivity index (χ0) is 13.7. The Kier molecular flexibility index (Phi) is 5.82. The zero-order valence-corrected chi connectivity index (χ0v) is 12.9. The summed E-state index contributed by atoms with van der Waals surface area (Å²) in [7, 11) is 5.41. The van der Waals surface area contributed by atoms with Crippen LogP contribution in [0.2, 0.25) is 0 Å². The highest BCUT2D eigenvalue weighted by molar-refractivity contribution is 9.10. The summed E-state index contributed by atoms with van der Waals surface area (Å²) in [6, 6.07) is 8.11. The molecule has 18 heavy (non-hydrogen) atoms. The summed E-state index contributed by atoms with van der Waals surface area (Å²) in [6.45, 7) is 2.01. The maximum atomic E-state index is 11.9. The maximum absolute atomic E-state index is 11.9. The fraction of sp³-hybridized carbons (Fsp3) is 0.500. The first-order valence-electron chi connectivity index (χ1n) is 6.01. The van der Waals surface area contributed by atoms with Crippen LogP contribution in [0.15, 0.2) is 28.7 Å². The normalized spacial score (nSPS) is 14.3. The highest BCUT2D eigenvalue weighted by atomic mass is 79.9. The average Bonchev–Trinajstić information content (AvgIpc) is 2.36. The fourth-order valence-electron chi connectivity index (χ4n) is 2.22. The quantitative estimate of drug-likeness (QED) is 0.781. The van der Waals surface area contributed by atoms with Crippen LogP contribution >= 0.6 is 15.9 Å². The van der Waals surface area contributed by atoms with Crippen LogP contribution in [0, 0.1) is 5.92 Å². The zero-order valence-electron chi connectivity index (χ0n) is 11.3. The summed E-state index contributed by atoms with van der Waals surface area (Å²) < 4.78 is 5.94. The summed E-state index contributed by atoms with van der Waals surface area (Å²) in [5, 5.41) is 0. The van der Waals surface area contributed by atoms with Crippen LogP contribution < -0.4 is 0 Å². The molecule has 1 rings (SSSR count). The number of ether oxygens (including phenoxy) is 1. The molecule has 0 fully saturated rings. The van der Waals surface area contributed by atoms with E-state index in [1.165, 1.54) is 7.11 Å². The van der Waals surface area contributed by atoms with Gasteiger partial charge in [0.25, 0.3) is 0 Å². The Morgan fingerprint density at radius 1 is 1.33 bits per heavy atom. The van der Waals surface area contributed by atoms with Gasteiger partial charge in [-0.05, 0) is 38.2 Å². The van der Waals surface area contributed by atoms with E-state index in [4.69, 9.17) is 4.74 Å². The van der Waals surface area contributed by atoms with Crippen LogP contribution in [-0.2, 0) is 9.53 Å². The summed E-state index contributed by atoms with van der Waals surface area (Å²) in [5.41, 5.74) is 1.13. The van der Waals surface area contributed by atoms with Crippen molar-refractivity contribution in [2.75, 3.05) is 21.2 Å². The van der Waals surface area contributed by atoms with Gasteiger partial charge in [-0.3, -0.25) is 4.79 Å². The number of halogens is 1. The number of hydrogen-bond donors (Lipinski definition) is 0. The molecule has 3 nitrogen and oxygen atoms in total. The molecule has 4 heteroatoms. The second-order valence-electron chi connectivity index (χ2n) is 4.50. The molecule has 0 spiro atoms. The Balaban J connectivity index is 3.08. The van der Waals surface area contributed by atoms with E-state index in [1.807, 2.05) is 45.3 Å². The molecular formula is C14H20BrNO2. The number of carbonyl (C=O) groups is 1. The average molecular weight is 314 g/mol. The lowest BCUT2D eigenvalue weighted by atomic mass is 9.90. The number of esters is 1. The molecule has 1 aromatic rings. The van der Waals surface area contributed by atoms with Crippen molar-refractivity contribution in [3.8, 4) is 0 Å². The number of nitrogens with zero attached hydrogens (tertiary/aromatic N) is 1. The number of hydrogen-bond acceptors (Lipinski definition) is 3. The molecule has 0 aromatic heterocycles. The van der Waals surface area contributed by atoms with Crippen LogP contribution in [0.1, 0.15) is 24.9 Å². The van der Waals surface area contributed by atoms with Gasteiger partial charge in [0.1, 0.15) is 0 Å². The minimum Gasteiger partial charge on any atom is -0.469 e. The molecule has 2 unspecified atom stereocenters. The van der Waals surface area contributed by atoms with E-state index in [0.717, 1.165) is 16.5 Å². The van der Waals surface area contributed by atoms with E-state index in [2.05, 4.69) is 20.8 Å². The van der Waals surface area contributed by atoms with E-state index in [-0.39, 0.29) is 17.9 Å². The first-order chi connectivity index (χ1) is 8.51. The van der Waals surface area contributed by atoms with E-state index in [1.54, 1.807) is 0 Å². The fourth-order valence-corrected chi connectivity index (χ4v) is 2.48. The Morgan fingerprint density at radius 3 is 2.28 bits per heavy atom. The minimum atomic E-state index is -0.154. The Bertz CT molecular complexity index is 389. The number of benzene rings is 1. The first kappa shape index (κ1) is 15.2. The molecule has 2 atom stereocenters. The topological polar surface area (TPSA) is 29.5 Å². The van der Waals surface area contributed by atoms with Gasteiger partial charge in [-0.25, -0.2) is 0 Å². The summed E-state index contributed by atoms with van der Waals surface area (Å²) >= 11 is 3.42. The van der Waals surface area contributed by atoms with Gasteiger partial charge < -0.3 is 9.64 Å². The molecule has 0 saturated heterocycles. The summed E-state index contributed by atoms with van der Waals surface area (Å²) in [4.78, 5) is 13.9. The lowest BCUT2D eigenvalue weighted by Gasteiger charge is -2.30. The number of methoxy groups -OCH3 is 1. The minimum absolute atomic E-state index is 0.0375. The number of carbonyl (C=O) groups excluding carboxylic acids is 1. The molecule has 0 N–H and O–H groups in total. The van der Waals surface area contributed by atoms with E-state index in [0.29, 0.717) is 0 Å². The predicted molar refractivity (Wildman–Crippen MR) is 76.4 cm³/mol. The van der Waals surface area contributed by atoms with E-state index >= 15 is 0 Å². The second kappa shape index (κ2) is 6.90. The third-order valence-electron chi connectivity index (χ3n) is 3.09. The molecular weight excluding hydrogens is 294 g/mol. The molecule has 0 aliphatic rings. The van der Waals surface area contributed by atoms with Gasteiger partial charge in [0, 0.05) is 10.5 Å². The Labute approximate surface area is 117 Å². The van der Waals surface area contributed by atoms with Gasteiger partial charge in [0.05, 0.1) is 13.0 Å².